The van der Waals surface area contributed by atoms with E-state index < -0.39 is 0 Å². The molecule has 0 bridgehead atoms. The summed E-state index contributed by atoms with van der Waals surface area (Å²) in [6, 6.07) is 18.8. The van der Waals surface area contributed by atoms with E-state index >= 15 is 0 Å². The van der Waals surface area contributed by atoms with Gasteiger partial charge in [0, 0.05) is 28.4 Å². The summed E-state index contributed by atoms with van der Waals surface area (Å²) in [6.07, 6.45) is 0. The Kier molecular flexibility index (Phi) is 5.95. The minimum Gasteiger partial charge on any atom is -0.497 e. The molecule has 0 saturated heterocycles. The van der Waals surface area contributed by atoms with E-state index in [2.05, 4.69) is 71.2 Å². The quantitative estimate of drug-likeness (QED) is 0.634. The highest BCUT2D eigenvalue weighted by atomic mass is 32.2. The highest BCUT2D eigenvalue weighted by Gasteiger charge is 2.19. The molecule has 0 unspecified atom stereocenters. The minimum atomic E-state index is 0.617. The van der Waals surface area contributed by atoms with E-state index in [1.807, 2.05) is 24.3 Å². The predicted molar refractivity (Wildman–Crippen MR) is 126 cm³/mol. The predicted octanol–water partition coefficient (Wildman–Crippen LogP) is 5.01. The van der Waals surface area contributed by atoms with E-state index in [1.165, 1.54) is 28.2 Å². The summed E-state index contributed by atoms with van der Waals surface area (Å²) in [5.74, 6) is 1.65. The Morgan fingerprint density at radius 1 is 1.07 bits per heavy atom. The standard InChI is InChI=1S/C24H26N4OS/c1-16-5-9-20(10-6-16)28-17(2)13-22(18(28)3)23-15-30-24(27-26-23)25-14-19-7-11-21(29-4)12-8-19/h5-13H,14-15H2,1-4H3,(H,25,27). The number of aromatic nitrogens is 1. The molecule has 30 heavy (non-hydrogen) atoms. The molecule has 0 amide bonds. The number of aryl methyl sites for hydroxylation is 2. The fraction of sp³-hybridized carbons (Fsp3) is 0.250. The maximum absolute atomic E-state index is 5.20. The molecule has 3 aromatic rings. The van der Waals surface area contributed by atoms with Crippen LogP contribution in [0.3, 0.4) is 0 Å². The van der Waals surface area contributed by atoms with Crippen molar-refractivity contribution in [1.29, 1.82) is 0 Å². The zero-order chi connectivity index (χ0) is 21.1. The van der Waals surface area contributed by atoms with Crippen molar-refractivity contribution in [2.24, 2.45) is 10.1 Å². The zero-order valence-corrected chi connectivity index (χ0v) is 18.6. The maximum Gasteiger partial charge on any atom is 0.177 e. The van der Waals surface area contributed by atoms with Gasteiger partial charge in [-0.05, 0) is 56.7 Å². The third-order valence-electron chi connectivity index (χ3n) is 5.23. The molecule has 6 heteroatoms. The van der Waals surface area contributed by atoms with Gasteiger partial charge >= 0.3 is 0 Å². The number of rotatable bonds is 5. The van der Waals surface area contributed by atoms with E-state index in [0.717, 1.165) is 27.9 Å². The van der Waals surface area contributed by atoms with E-state index in [9.17, 15) is 0 Å². The summed E-state index contributed by atoms with van der Waals surface area (Å²) in [4.78, 5) is 4.65. The maximum atomic E-state index is 5.20. The molecule has 2 aromatic carbocycles. The molecule has 0 atom stereocenters. The van der Waals surface area contributed by atoms with Crippen LogP contribution in [-0.4, -0.2) is 28.3 Å². The topological polar surface area (TPSA) is 50.9 Å². The third-order valence-corrected chi connectivity index (χ3v) is 6.14. The van der Waals surface area contributed by atoms with Crippen LogP contribution in [0.25, 0.3) is 5.69 Å². The summed E-state index contributed by atoms with van der Waals surface area (Å²) in [7, 11) is 1.67. The number of amidine groups is 1. The largest absolute Gasteiger partial charge is 0.497 e. The van der Waals surface area contributed by atoms with Gasteiger partial charge in [-0.25, -0.2) is 0 Å². The first-order chi connectivity index (χ1) is 14.5. The molecule has 1 aliphatic rings. The number of hydrogen-bond acceptors (Lipinski definition) is 4. The van der Waals surface area contributed by atoms with E-state index in [4.69, 9.17) is 4.74 Å². The first-order valence-corrected chi connectivity index (χ1v) is 10.9. The fourth-order valence-electron chi connectivity index (χ4n) is 3.58. The van der Waals surface area contributed by atoms with Crippen LogP contribution in [0, 0.1) is 20.8 Å². The average Bonchev–Trinajstić information content (AvgIpc) is 3.07. The van der Waals surface area contributed by atoms with Crippen molar-refractivity contribution in [3.8, 4) is 11.4 Å². The van der Waals surface area contributed by atoms with E-state index in [1.54, 1.807) is 18.9 Å². The molecular formula is C24H26N4OS. The molecule has 0 saturated carbocycles. The van der Waals surface area contributed by atoms with Gasteiger partial charge < -0.3 is 9.30 Å². The van der Waals surface area contributed by atoms with Crippen molar-refractivity contribution in [3.63, 3.8) is 0 Å². The minimum absolute atomic E-state index is 0.617. The van der Waals surface area contributed by atoms with Crippen LogP contribution in [0.1, 0.15) is 28.1 Å². The molecule has 1 aliphatic heterocycles. The lowest BCUT2D eigenvalue weighted by atomic mass is 10.1. The number of nitrogens with one attached hydrogen (secondary N) is 1. The lowest BCUT2D eigenvalue weighted by Crippen LogP contribution is -2.25. The van der Waals surface area contributed by atoms with Gasteiger partial charge in [-0.2, -0.15) is 5.10 Å². The molecule has 5 nitrogen and oxygen atoms in total. The average molecular weight is 419 g/mol. The van der Waals surface area contributed by atoms with Gasteiger partial charge in [-0.3, -0.25) is 10.4 Å². The first kappa shape index (κ1) is 20.3. The summed E-state index contributed by atoms with van der Waals surface area (Å²) in [6.45, 7) is 7.02. The number of aliphatic imine (C=N–C) groups is 1. The summed E-state index contributed by atoms with van der Waals surface area (Å²) >= 11 is 1.69. The molecule has 0 aliphatic carbocycles. The second-order valence-corrected chi connectivity index (χ2v) is 8.35. The van der Waals surface area contributed by atoms with Crippen LogP contribution in [0.15, 0.2) is 64.7 Å². The Hall–Kier alpha value is -2.99. The van der Waals surface area contributed by atoms with Crippen molar-refractivity contribution < 1.29 is 4.74 Å². The number of hydrazone groups is 1. The number of benzene rings is 2. The lowest BCUT2D eigenvalue weighted by molar-refractivity contribution is 0.414. The Bertz CT molecular complexity index is 1100. The second kappa shape index (κ2) is 8.79. The molecule has 154 valence electrons. The SMILES string of the molecule is COc1ccc(CN=C2NN=C(c3cc(C)n(-c4ccc(C)cc4)c3C)CS2)cc1. The molecular weight excluding hydrogens is 392 g/mol. The van der Waals surface area contributed by atoms with Gasteiger partial charge in [-0.1, -0.05) is 41.6 Å². The molecule has 1 aromatic heterocycles. The van der Waals surface area contributed by atoms with Gasteiger partial charge in [0.2, 0.25) is 0 Å². The normalized spacial score (nSPS) is 15.1. The molecule has 0 spiro atoms. The van der Waals surface area contributed by atoms with Crippen molar-refractivity contribution in [1.82, 2.24) is 9.99 Å². The van der Waals surface area contributed by atoms with Gasteiger partial charge in [0.25, 0.3) is 0 Å². The molecule has 1 N–H and O–H groups in total. The molecule has 2 heterocycles. The van der Waals surface area contributed by atoms with Gasteiger partial charge in [0.05, 0.1) is 19.4 Å². The Balaban J connectivity index is 1.49. The van der Waals surface area contributed by atoms with Gasteiger partial charge in [0.15, 0.2) is 5.17 Å². The van der Waals surface area contributed by atoms with Crippen molar-refractivity contribution >= 4 is 22.6 Å². The van der Waals surface area contributed by atoms with Crippen LogP contribution >= 0.6 is 11.8 Å². The first-order valence-electron chi connectivity index (χ1n) is 9.94. The number of methoxy groups -OCH3 is 1. The van der Waals surface area contributed by atoms with Crippen LogP contribution in [0.2, 0.25) is 0 Å². The van der Waals surface area contributed by atoms with Crippen LogP contribution in [-0.2, 0) is 6.54 Å². The van der Waals surface area contributed by atoms with Crippen LogP contribution in [0.4, 0.5) is 0 Å². The summed E-state index contributed by atoms with van der Waals surface area (Å²) < 4.78 is 7.49. The van der Waals surface area contributed by atoms with Gasteiger partial charge in [-0.15, -0.1) is 0 Å². The fourth-order valence-corrected chi connectivity index (χ4v) is 4.34. The van der Waals surface area contributed by atoms with Crippen molar-refractivity contribution in [2.45, 2.75) is 27.3 Å². The number of hydrogen-bond donors (Lipinski definition) is 1. The van der Waals surface area contributed by atoms with Gasteiger partial charge in [0.1, 0.15) is 5.75 Å². The molecule has 0 radical (unpaired) electrons. The molecule has 4 rings (SSSR count). The highest BCUT2D eigenvalue weighted by Crippen LogP contribution is 2.24. The van der Waals surface area contributed by atoms with Crippen molar-refractivity contribution in [2.75, 3.05) is 12.9 Å². The van der Waals surface area contributed by atoms with E-state index in [-0.39, 0.29) is 0 Å². The number of thioether (sulfide) groups is 1. The smallest absolute Gasteiger partial charge is 0.177 e. The second-order valence-electron chi connectivity index (χ2n) is 7.38. The third kappa shape index (κ3) is 4.28. The highest BCUT2D eigenvalue weighted by molar-refractivity contribution is 8.14. The summed E-state index contributed by atoms with van der Waals surface area (Å²) in [5.41, 5.74) is 11.4. The molecule has 0 fully saturated rings. The number of ether oxygens (including phenoxy) is 1. The Labute approximate surface area is 181 Å². The monoisotopic (exact) mass is 418 g/mol. The van der Waals surface area contributed by atoms with E-state index in [0.29, 0.717) is 6.54 Å². The van der Waals surface area contributed by atoms with Crippen LogP contribution in [0.5, 0.6) is 5.75 Å². The summed E-state index contributed by atoms with van der Waals surface area (Å²) in [5, 5.41) is 5.47. The van der Waals surface area contributed by atoms with Crippen LogP contribution < -0.4 is 10.2 Å². The lowest BCUT2D eigenvalue weighted by Gasteiger charge is -2.15. The van der Waals surface area contributed by atoms with Crippen molar-refractivity contribution in [3.05, 3.63) is 82.7 Å². The Morgan fingerprint density at radius 2 is 1.80 bits per heavy atom. The zero-order valence-electron chi connectivity index (χ0n) is 17.8. The number of nitrogens with zero attached hydrogens (tertiary/aromatic N) is 3. The Morgan fingerprint density at radius 3 is 2.43 bits per heavy atom.